The van der Waals surface area contributed by atoms with E-state index >= 15 is 0 Å². The van der Waals surface area contributed by atoms with Crippen molar-refractivity contribution in [1.82, 2.24) is 4.90 Å². The van der Waals surface area contributed by atoms with Crippen LogP contribution in [0.3, 0.4) is 0 Å². The number of hydrogen-bond acceptors (Lipinski definition) is 2. The number of nitrogens with zero attached hydrogens (tertiary/aromatic N) is 1. The zero-order valence-corrected chi connectivity index (χ0v) is 10.4. The number of carbonyl (C=O) groups is 1. The Bertz CT molecular complexity index is 391. The fraction of sp³-hybridized carbons (Fsp3) is 0.462. The molecule has 1 heterocycles. The van der Waals surface area contributed by atoms with E-state index in [0.717, 1.165) is 24.9 Å². The third-order valence-electron chi connectivity index (χ3n) is 3.20. The number of aliphatic hydroxyl groups excluding tert-OH is 1. The van der Waals surface area contributed by atoms with Crippen molar-refractivity contribution in [2.75, 3.05) is 13.2 Å². The molecule has 1 aliphatic heterocycles. The van der Waals surface area contributed by atoms with Gasteiger partial charge in [-0.05, 0) is 30.5 Å². The first-order chi connectivity index (χ1) is 8.26. The molecule has 1 amide bonds. The number of carbonyl (C=O) groups excluding carboxylic acids is 1. The molecule has 1 aromatic rings. The van der Waals surface area contributed by atoms with E-state index in [1.165, 1.54) is 0 Å². The summed E-state index contributed by atoms with van der Waals surface area (Å²) in [4.78, 5) is 14.0. The number of hydrogen-bond donors (Lipinski definition) is 1. The van der Waals surface area contributed by atoms with Crippen molar-refractivity contribution < 1.29 is 9.90 Å². The molecule has 3 nitrogen and oxygen atoms in total. The van der Waals surface area contributed by atoms with Crippen LogP contribution in [0.15, 0.2) is 24.3 Å². The molecule has 0 aliphatic carbocycles. The predicted molar refractivity (Wildman–Crippen MR) is 67.1 cm³/mol. The summed E-state index contributed by atoms with van der Waals surface area (Å²) in [6, 6.07) is 7.31. The molecular formula is C13H16ClNO2. The predicted octanol–water partition coefficient (Wildman–Crippen LogP) is 2.02. The Labute approximate surface area is 106 Å². The summed E-state index contributed by atoms with van der Waals surface area (Å²) in [5.74, 6) is 0.458. The quantitative estimate of drug-likeness (QED) is 0.838. The van der Waals surface area contributed by atoms with Gasteiger partial charge >= 0.3 is 0 Å². The first-order valence-corrected chi connectivity index (χ1v) is 6.36. The molecule has 1 aliphatic rings. The summed E-state index contributed by atoms with van der Waals surface area (Å²) in [6.07, 6.45) is 1.86. The Hall–Kier alpha value is -1.06. The second kappa shape index (κ2) is 5.52. The lowest BCUT2D eigenvalue weighted by Crippen LogP contribution is -2.37. The molecule has 0 aromatic heterocycles. The van der Waals surface area contributed by atoms with E-state index in [1.54, 1.807) is 17.0 Å². The van der Waals surface area contributed by atoms with Gasteiger partial charge in [-0.15, -0.1) is 11.6 Å². The second-order valence-corrected chi connectivity index (χ2v) is 4.57. The molecule has 0 unspecified atom stereocenters. The first kappa shape index (κ1) is 12.4. The molecule has 1 atom stereocenters. The highest BCUT2D eigenvalue weighted by Crippen LogP contribution is 2.20. The van der Waals surface area contributed by atoms with Crippen LogP contribution in [0.25, 0.3) is 0 Å². The third kappa shape index (κ3) is 2.61. The SMILES string of the molecule is O=C(c1ccc(CCl)cc1)N1CCC[C@@H]1CO. The minimum Gasteiger partial charge on any atom is -0.394 e. The van der Waals surface area contributed by atoms with Crippen LogP contribution < -0.4 is 0 Å². The number of likely N-dealkylation sites (tertiary alicyclic amines) is 1. The molecule has 1 saturated heterocycles. The van der Waals surface area contributed by atoms with Gasteiger partial charge in [-0.1, -0.05) is 12.1 Å². The average molecular weight is 254 g/mol. The summed E-state index contributed by atoms with van der Waals surface area (Å²) in [5, 5.41) is 9.20. The van der Waals surface area contributed by atoms with Gasteiger partial charge in [-0.25, -0.2) is 0 Å². The fourth-order valence-corrected chi connectivity index (χ4v) is 2.37. The summed E-state index contributed by atoms with van der Waals surface area (Å²) in [5.41, 5.74) is 1.67. The van der Waals surface area contributed by atoms with Crippen molar-refractivity contribution in [3.8, 4) is 0 Å². The molecule has 1 N–H and O–H groups in total. The lowest BCUT2D eigenvalue weighted by molar-refractivity contribution is 0.0677. The summed E-state index contributed by atoms with van der Waals surface area (Å²) >= 11 is 5.70. The van der Waals surface area contributed by atoms with Gasteiger partial charge in [-0.3, -0.25) is 4.79 Å². The smallest absolute Gasteiger partial charge is 0.254 e. The number of halogens is 1. The largest absolute Gasteiger partial charge is 0.394 e. The van der Waals surface area contributed by atoms with Gasteiger partial charge in [-0.2, -0.15) is 0 Å². The molecule has 2 rings (SSSR count). The zero-order chi connectivity index (χ0) is 12.3. The van der Waals surface area contributed by atoms with Crippen LogP contribution >= 0.6 is 11.6 Å². The minimum atomic E-state index is -0.0183. The molecule has 92 valence electrons. The van der Waals surface area contributed by atoms with Crippen molar-refractivity contribution in [2.24, 2.45) is 0 Å². The Kier molecular flexibility index (Phi) is 4.02. The first-order valence-electron chi connectivity index (χ1n) is 5.83. The van der Waals surface area contributed by atoms with E-state index in [9.17, 15) is 9.90 Å². The van der Waals surface area contributed by atoms with Gasteiger partial charge in [0.15, 0.2) is 0 Å². The van der Waals surface area contributed by atoms with Crippen LogP contribution in [0.5, 0.6) is 0 Å². The van der Waals surface area contributed by atoms with Crippen molar-refractivity contribution in [2.45, 2.75) is 24.8 Å². The maximum absolute atomic E-state index is 12.2. The Balaban J connectivity index is 2.13. The van der Waals surface area contributed by atoms with Gasteiger partial charge in [0.2, 0.25) is 0 Å². The Morgan fingerprint density at radius 2 is 2.12 bits per heavy atom. The van der Waals surface area contributed by atoms with E-state index in [1.807, 2.05) is 12.1 Å². The monoisotopic (exact) mass is 253 g/mol. The number of alkyl halides is 1. The Morgan fingerprint density at radius 3 is 2.71 bits per heavy atom. The Morgan fingerprint density at radius 1 is 1.41 bits per heavy atom. The van der Waals surface area contributed by atoms with E-state index in [4.69, 9.17) is 11.6 Å². The molecule has 4 heteroatoms. The molecule has 17 heavy (non-hydrogen) atoms. The number of amides is 1. The molecule has 0 saturated carbocycles. The highest BCUT2D eigenvalue weighted by atomic mass is 35.5. The molecule has 1 fully saturated rings. The second-order valence-electron chi connectivity index (χ2n) is 4.31. The fourth-order valence-electron chi connectivity index (χ4n) is 2.20. The number of aliphatic hydroxyl groups is 1. The van der Waals surface area contributed by atoms with Gasteiger partial charge in [0.1, 0.15) is 0 Å². The normalized spacial score (nSPS) is 19.6. The molecule has 0 spiro atoms. The topological polar surface area (TPSA) is 40.5 Å². The average Bonchev–Trinajstić information content (AvgIpc) is 2.86. The lowest BCUT2D eigenvalue weighted by atomic mass is 10.1. The van der Waals surface area contributed by atoms with Gasteiger partial charge < -0.3 is 10.0 Å². The van der Waals surface area contributed by atoms with Crippen molar-refractivity contribution in [1.29, 1.82) is 0 Å². The maximum Gasteiger partial charge on any atom is 0.254 e. The standard InChI is InChI=1S/C13H16ClNO2/c14-8-10-3-5-11(6-4-10)13(17)15-7-1-2-12(15)9-16/h3-6,12,16H,1-2,7-9H2/t12-/m1/s1. The highest BCUT2D eigenvalue weighted by molar-refractivity contribution is 6.17. The zero-order valence-electron chi connectivity index (χ0n) is 9.60. The molecule has 0 radical (unpaired) electrons. The lowest BCUT2D eigenvalue weighted by Gasteiger charge is -2.23. The van der Waals surface area contributed by atoms with Crippen molar-refractivity contribution in [3.63, 3.8) is 0 Å². The summed E-state index contributed by atoms with van der Waals surface area (Å²) in [7, 11) is 0. The summed E-state index contributed by atoms with van der Waals surface area (Å²) < 4.78 is 0. The summed E-state index contributed by atoms with van der Waals surface area (Å²) in [6.45, 7) is 0.785. The van der Waals surface area contributed by atoms with Crippen LogP contribution in [0.4, 0.5) is 0 Å². The van der Waals surface area contributed by atoms with Gasteiger partial charge in [0.25, 0.3) is 5.91 Å². The van der Waals surface area contributed by atoms with E-state index in [2.05, 4.69) is 0 Å². The van der Waals surface area contributed by atoms with Crippen LogP contribution in [0, 0.1) is 0 Å². The molecular weight excluding hydrogens is 238 g/mol. The molecule has 1 aromatic carbocycles. The van der Waals surface area contributed by atoms with E-state index < -0.39 is 0 Å². The van der Waals surface area contributed by atoms with Crippen LogP contribution in [0.2, 0.25) is 0 Å². The third-order valence-corrected chi connectivity index (χ3v) is 3.51. The van der Waals surface area contributed by atoms with Gasteiger partial charge in [0.05, 0.1) is 12.6 Å². The van der Waals surface area contributed by atoms with Crippen LogP contribution in [-0.2, 0) is 5.88 Å². The number of benzene rings is 1. The van der Waals surface area contributed by atoms with Crippen molar-refractivity contribution in [3.05, 3.63) is 35.4 Å². The van der Waals surface area contributed by atoms with Crippen LogP contribution in [0.1, 0.15) is 28.8 Å². The minimum absolute atomic E-state index is 0.00247. The molecule has 0 bridgehead atoms. The van der Waals surface area contributed by atoms with E-state index in [0.29, 0.717) is 11.4 Å². The maximum atomic E-state index is 12.2. The van der Waals surface area contributed by atoms with Crippen molar-refractivity contribution >= 4 is 17.5 Å². The van der Waals surface area contributed by atoms with E-state index in [-0.39, 0.29) is 18.6 Å². The van der Waals surface area contributed by atoms with Gasteiger partial charge in [0, 0.05) is 18.0 Å². The number of rotatable bonds is 3. The van der Waals surface area contributed by atoms with Crippen LogP contribution in [-0.4, -0.2) is 35.1 Å². The highest BCUT2D eigenvalue weighted by Gasteiger charge is 2.28.